The van der Waals surface area contributed by atoms with Crippen LogP contribution in [0.3, 0.4) is 0 Å². The molecule has 0 aliphatic heterocycles. The Hall–Kier alpha value is -1.29. The van der Waals surface area contributed by atoms with Crippen molar-refractivity contribution in [1.82, 2.24) is 9.55 Å². The first-order valence-corrected chi connectivity index (χ1v) is 7.83. The van der Waals surface area contributed by atoms with Crippen LogP contribution in [0.5, 0.6) is 5.75 Å². The molecule has 0 bridgehead atoms. The highest BCUT2D eigenvalue weighted by Gasteiger charge is 2.46. The van der Waals surface area contributed by atoms with Gasteiger partial charge >= 0.3 is 0 Å². The van der Waals surface area contributed by atoms with Crippen LogP contribution in [0, 0.1) is 17.2 Å². The molecule has 0 amide bonds. The molecule has 0 atom stereocenters. The maximum Gasteiger partial charge on any atom is 0.167 e. The molecule has 5 heteroatoms. The predicted molar refractivity (Wildman–Crippen MR) is 82.3 cm³/mol. The molecule has 1 saturated carbocycles. The summed E-state index contributed by atoms with van der Waals surface area (Å²) in [4.78, 5) is 4.47. The Morgan fingerprint density at radius 1 is 1.43 bits per heavy atom. The maximum atomic E-state index is 13.8. The van der Waals surface area contributed by atoms with Crippen molar-refractivity contribution in [2.24, 2.45) is 11.3 Å². The van der Waals surface area contributed by atoms with Crippen LogP contribution in [0.25, 0.3) is 11.0 Å². The van der Waals surface area contributed by atoms with Gasteiger partial charge < -0.3 is 9.30 Å². The summed E-state index contributed by atoms with van der Waals surface area (Å²) >= 11 is 6.04. The summed E-state index contributed by atoms with van der Waals surface area (Å²) in [5.41, 5.74) is 1.87. The number of alkyl halides is 1. The number of methoxy groups -OCH3 is 1. The Balaban J connectivity index is 2.11. The zero-order valence-electron chi connectivity index (χ0n) is 12.6. The van der Waals surface area contributed by atoms with Crippen molar-refractivity contribution >= 4 is 22.6 Å². The average molecular weight is 311 g/mol. The predicted octanol–water partition coefficient (Wildman–Crippen LogP) is 4.36. The summed E-state index contributed by atoms with van der Waals surface area (Å²) in [7, 11) is 1.48. The minimum Gasteiger partial charge on any atom is -0.494 e. The van der Waals surface area contributed by atoms with Crippen molar-refractivity contribution in [3.8, 4) is 5.75 Å². The SMILES string of the molecule is COc1cc2c(cc1F)nc(CCl)n2CC1(C(C)C)CC1. The van der Waals surface area contributed by atoms with Gasteiger partial charge in [-0.25, -0.2) is 9.37 Å². The van der Waals surface area contributed by atoms with E-state index in [0.717, 1.165) is 17.9 Å². The molecule has 3 rings (SSSR count). The number of nitrogens with zero attached hydrogens (tertiary/aromatic N) is 2. The maximum absolute atomic E-state index is 13.8. The summed E-state index contributed by atoms with van der Waals surface area (Å²) in [6.07, 6.45) is 2.45. The van der Waals surface area contributed by atoms with E-state index in [1.165, 1.54) is 26.0 Å². The molecule has 1 aromatic carbocycles. The first-order valence-electron chi connectivity index (χ1n) is 7.29. The second kappa shape index (κ2) is 5.16. The number of imidazole rings is 1. The van der Waals surface area contributed by atoms with Crippen LogP contribution in [-0.2, 0) is 12.4 Å². The van der Waals surface area contributed by atoms with Crippen LogP contribution in [0.2, 0.25) is 0 Å². The summed E-state index contributed by atoms with van der Waals surface area (Å²) in [5, 5.41) is 0. The van der Waals surface area contributed by atoms with Gasteiger partial charge in [-0.1, -0.05) is 13.8 Å². The Kier molecular flexibility index (Phi) is 3.60. The molecule has 1 aromatic heterocycles. The lowest BCUT2D eigenvalue weighted by Crippen LogP contribution is -2.19. The molecule has 21 heavy (non-hydrogen) atoms. The zero-order chi connectivity index (χ0) is 15.2. The lowest BCUT2D eigenvalue weighted by Gasteiger charge is -2.21. The fourth-order valence-corrected chi connectivity index (χ4v) is 3.21. The molecule has 1 aliphatic carbocycles. The van der Waals surface area contributed by atoms with Crippen molar-refractivity contribution < 1.29 is 9.13 Å². The van der Waals surface area contributed by atoms with Crippen LogP contribution in [0.15, 0.2) is 12.1 Å². The van der Waals surface area contributed by atoms with Crippen LogP contribution in [-0.4, -0.2) is 16.7 Å². The Bertz CT molecular complexity index is 676. The van der Waals surface area contributed by atoms with E-state index in [-0.39, 0.29) is 11.6 Å². The van der Waals surface area contributed by atoms with Gasteiger partial charge in [0.2, 0.25) is 0 Å². The molecule has 0 saturated heterocycles. The Morgan fingerprint density at radius 3 is 2.67 bits per heavy atom. The zero-order valence-corrected chi connectivity index (χ0v) is 13.4. The molecule has 0 N–H and O–H groups in total. The van der Waals surface area contributed by atoms with Gasteiger partial charge in [-0.15, -0.1) is 11.6 Å². The molecule has 2 aromatic rings. The molecule has 1 heterocycles. The molecular weight excluding hydrogens is 291 g/mol. The molecule has 1 aliphatic rings. The van der Waals surface area contributed by atoms with Crippen molar-refractivity contribution in [3.05, 3.63) is 23.8 Å². The summed E-state index contributed by atoms with van der Waals surface area (Å²) in [6.45, 7) is 5.40. The first-order chi connectivity index (χ1) is 10.0. The van der Waals surface area contributed by atoms with Gasteiger partial charge in [-0.05, 0) is 24.2 Å². The standard InChI is InChI=1S/C16H20ClFN2O/c1-10(2)16(4-5-16)9-20-13-7-14(21-3)11(18)6-12(13)19-15(20)8-17/h6-7,10H,4-5,8-9H2,1-3H3. The molecular formula is C16H20ClFN2O. The van der Waals surface area contributed by atoms with Crippen LogP contribution in [0.4, 0.5) is 4.39 Å². The number of aromatic nitrogens is 2. The second-order valence-electron chi connectivity index (χ2n) is 6.24. The van der Waals surface area contributed by atoms with Gasteiger partial charge in [0, 0.05) is 18.7 Å². The topological polar surface area (TPSA) is 27.1 Å². The fraction of sp³-hybridized carbons (Fsp3) is 0.562. The largest absolute Gasteiger partial charge is 0.494 e. The molecule has 114 valence electrons. The number of fused-ring (bicyclic) bond motifs is 1. The monoisotopic (exact) mass is 310 g/mol. The Labute approximate surface area is 129 Å². The van der Waals surface area contributed by atoms with Crippen molar-refractivity contribution in [3.63, 3.8) is 0 Å². The first kappa shape index (κ1) is 14.6. The van der Waals surface area contributed by atoms with Gasteiger partial charge in [-0.2, -0.15) is 0 Å². The second-order valence-corrected chi connectivity index (χ2v) is 6.51. The average Bonchev–Trinajstić information content (AvgIpc) is 3.17. The number of ether oxygens (including phenoxy) is 1. The van der Waals surface area contributed by atoms with Gasteiger partial charge in [0.15, 0.2) is 11.6 Å². The Morgan fingerprint density at radius 2 is 2.14 bits per heavy atom. The van der Waals surface area contributed by atoms with Gasteiger partial charge in [0.25, 0.3) is 0 Å². The third kappa shape index (κ3) is 2.39. The van der Waals surface area contributed by atoms with E-state index >= 15 is 0 Å². The summed E-state index contributed by atoms with van der Waals surface area (Å²) in [5.74, 6) is 1.60. The number of hydrogen-bond donors (Lipinski definition) is 0. The third-order valence-corrected chi connectivity index (χ3v) is 5.05. The van der Waals surface area contributed by atoms with E-state index < -0.39 is 0 Å². The van der Waals surface area contributed by atoms with E-state index in [1.54, 1.807) is 6.07 Å². The lowest BCUT2D eigenvalue weighted by molar-refractivity contribution is 0.309. The van der Waals surface area contributed by atoms with Crippen molar-refractivity contribution in [2.45, 2.75) is 39.1 Å². The third-order valence-electron chi connectivity index (χ3n) is 4.81. The van der Waals surface area contributed by atoms with Gasteiger partial charge in [0.05, 0.1) is 24.0 Å². The quantitative estimate of drug-likeness (QED) is 0.767. The van der Waals surface area contributed by atoms with Gasteiger partial charge in [0.1, 0.15) is 5.82 Å². The summed E-state index contributed by atoms with van der Waals surface area (Å²) < 4.78 is 21.1. The van der Waals surface area contributed by atoms with E-state index in [1.807, 2.05) is 0 Å². The molecule has 1 fully saturated rings. The van der Waals surface area contributed by atoms with E-state index in [9.17, 15) is 4.39 Å². The normalized spacial score (nSPS) is 16.7. The van der Waals surface area contributed by atoms with Crippen molar-refractivity contribution in [2.75, 3.05) is 7.11 Å². The lowest BCUT2D eigenvalue weighted by atomic mass is 9.92. The fourth-order valence-electron chi connectivity index (χ4n) is 3.00. The highest BCUT2D eigenvalue weighted by molar-refractivity contribution is 6.16. The van der Waals surface area contributed by atoms with Crippen LogP contribution >= 0.6 is 11.6 Å². The number of benzene rings is 1. The minimum absolute atomic E-state index is 0.249. The number of rotatable bonds is 5. The van der Waals surface area contributed by atoms with Crippen molar-refractivity contribution in [1.29, 1.82) is 0 Å². The van der Waals surface area contributed by atoms with E-state index in [0.29, 0.717) is 22.7 Å². The van der Waals surface area contributed by atoms with Crippen LogP contribution in [0.1, 0.15) is 32.5 Å². The smallest absolute Gasteiger partial charge is 0.167 e. The highest BCUT2D eigenvalue weighted by Crippen LogP contribution is 2.53. The van der Waals surface area contributed by atoms with E-state index in [4.69, 9.17) is 16.3 Å². The van der Waals surface area contributed by atoms with E-state index in [2.05, 4.69) is 23.4 Å². The van der Waals surface area contributed by atoms with Crippen LogP contribution < -0.4 is 4.74 Å². The number of halogens is 2. The molecule has 0 unspecified atom stereocenters. The molecule has 0 spiro atoms. The molecule has 0 radical (unpaired) electrons. The number of hydrogen-bond acceptors (Lipinski definition) is 2. The highest BCUT2D eigenvalue weighted by atomic mass is 35.5. The minimum atomic E-state index is -0.388. The molecule has 3 nitrogen and oxygen atoms in total. The summed E-state index contributed by atoms with van der Waals surface area (Å²) in [6, 6.07) is 3.15. The van der Waals surface area contributed by atoms with Gasteiger partial charge in [-0.3, -0.25) is 0 Å².